The van der Waals surface area contributed by atoms with Crippen LogP contribution in [0.15, 0.2) is 18.9 Å². The van der Waals surface area contributed by atoms with Crippen LogP contribution in [-0.2, 0) is 13.5 Å². The molecule has 1 rings (SSSR count). The monoisotopic (exact) mass is 137 g/mol. The molecular weight excluding hydrogens is 126 g/mol. The Morgan fingerprint density at radius 2 is 2.60 bits per heavy atom. The van der Waals surface area contributed by atoms with E-state index in [1.54, 1.807) is 11.0 Å². The van der Waals surface area contributed by atoms with Crippen LogP contribution >= 0.6 is 0 Å². The summed E-state index contributed by atoms with van der Waals surface area (Å²) in [6.07, 6.45) is 5.58. The van der Waals surface area contributed by atoms with Gasteiger partial charge >= 0.3 is 0 Å². The second-order valence-electron chi connectivity index (χ2n) is 2.15. The van der Waals surface area contributed by atoms with E-state index >= 15 is 0 Å². The van der Waals surface area contributed by atoms with E-state index < -0.39 is 0 Å². The van der Waals surface area contributed by atoms with E-state index in [1.807, 2.05) is 13.1 Å². The van der Waals surface area contributed by atoms with Gasteiger partial charge in [0.25, 0.3) is 0 Å². The van der Waals surface area contributed by atoms with E-state index in [0.29, 0.717) is 0 Å². The molecule has 0 saturated heterocycles. The summed E-state index contributed by atoms with van der Waals surface area (Å²) >= 11 is 0. The maximum absolute atomic E-state index is 4.11. The van der Waals surface area contributed by atoms with E-state index in [0.717, 1.165) is 18.5 Å². The average molecular weight is 137 g/mol. The summed E-state index contributed by atoms with van der Waals surface area (Å²) in [5, 5.41) is 8.05. The Kier molecular flexibility index (Phi) is 2.20. The molecule has 0 radical (unpaired) electrons. The van der Waals surface area contributed by atoms with Crippen LogP contribution in [0.2, 0.25) is 0 Å². The van der Waals surface area contributed by atoms with Gasteiger partial charge in [-0.15, -0.1) is 6.58 Å². The zero-order valence-corrected chi connectivity index (χ0v) is 6.12. The van der Waals surface area contributed by atoms with Crippen LogP contribution in [0.4, 0.5) is 0 Å². The minimum Gasteiger partial charge on any atom is -0.188 e. The molecular formula is C7H11N3. The van der Waals surface area contributed by atoms with Crippen LogP contribution < -0.4 is 0 Å². The smallest absolute Gasteiger partial charge is 0.0830 e. The minimum atomic E-state index is 0.942. The van der Waals surface area contributed by atoms with Crippen LogP contribution in [0.25, 0.3) is 0 Å². The third kappa shape index (κ3) is 1.69. The van der Waals surface area contributed by atoms with Crippen molar-refractivity contribution < 1.29 is 0 Å². The molecule has 0 aliphatic carbocycles. The van der Waals surface area contributed by atoms with Crippen molar-refractivity contribution in [3.8, 4) is 0 Å². The molecule has 1 heterocycles. The van der Waals surface area contributed by atoms with E-state index in [-0.39, 0.29) is 0 Å². The van der Waals surface area contributed by atoms with Crippen molar-refractivity contribution >= 4 is 0 Å². The topological polar surface area (TPSA) is 30.7 Å². The van der Waals surface area contributed by atoms with Gasteiger partial charge in [0, 0.05) is 7.05 Å². The Balaban J connectivity index is 2.49. The van der Waals surface area contributed by atoms with Gasteiger partial charge in [0.2, 0.25) is 0 Å². The van der Waals surface area contributed by atoms with E-state index in [2.05, 4.69) is 16.8 Å². The highest BCUT2D eigenvalue weighted by atomic mass is 15.4. The van der Waals surface area contributed by atoms with Gasteiger partial charge in [-0.1, -0.05) is 6.08 Å². The molecule has 1 aromatic rings. The summed E-state index contributed by atoms with van der Waals surface area (Å²) in [4.78, 5) is 1.57. The van der Waals surface area contributed by atoms with Crippen molar-refractivity contribution in [3.63, 3.8) is 0 Å². The fourth-order valence-electron chi connectivity index (χ4n) is 0.752. The number of aromatic nitrogens is 3. The van der Waals surface area contributed by atoms with E-state index in [9.17, 15) is 0 Å². The predicted molar refractivity (Wildman–Crippen MR) is 39.5 cm³/mol. The molecule has 0 atom stereocenters. The van der Waals surface area contributed by atoms with Crippen molar-refractivity contribution in [1.82, 2.24) is 15.0 Å². The second-order valence-corrected chi connectivity index (χ2v) is 2.15. The first-order valence-electron chi connectivity index (χ1n) is 3.29. The SMILES string of the molecule is C=CCCc1cnn(C)n1. The Morgan fingerprint density at radius 3 is 3.10 bits per heavy atom. The van der Waals surface area contributed by atoms with E-state index in [4.69, 9.17) is 0 Å². The number of aryl methyl sites for hydroxylation is 2. The first kappa shape index (κ1) is 6.99. The lowest BCUT2D eigenvalue weighted by molar-refractivity contribution is 0.644. The summed E-state index contributed by atoms with van der Waals surface area (Å²) in [7, 11) is 1.82. The van der Waals surface area contributed by atoms with Crippen LogP contribution in [0.3, 0.4) is 0 Å². The number of hydrogen-bond acceptors (Lipinski definition) is 2. The molecule has 0 amide bonds. The number of nitrogens with zero attached hydrogens (tertiary/aromatic N) is 3. The van der Waals surface area contributed by atoms with Crippen LogP contribution in [0.1, 0.15) is 12.1 Å². The molecule has 10 heavy (non-hydrogen) atoms. The van der Waals surface area contributed by atoms with Crippen molar-refractivity contribution in [2.24, 2.45) is 7.05 Å². The van der Waals surface area contributed by atoms with Crippen molar-refractivity contribution in [2.75, 3.05) is 0 Å². The predicted octanol–water partition coefficient (Wildman–Crippen LogP) is 0.934. The molecule has 54 valence electrons. The summed E-state index contributed by atoms with van der Waals surface area (Å²) in [5.41, 5.74) is 1.03. The largest absolute Gasteiger partial charge is 0.188 e. The van der Waals surface area contributed by atoms with Gasteiger partial charge in [0.05, 0.1) is 11.9 Å². The van der Waals surface area contributed by atoms with Crippen molar-refractivity contribution in [2.45, 2.75) is 12.8 Å². The maximum atomic E-state index is 4.11. The van der Waals surface area contributed by atoms with Crippen molar-refractivity contribution in [1.29, 1.82) is 0 Å². The molecule has 0 saturated carbocycles. The fourth-order valence-corrected chi connectivity index (χ4v) is 0.752. The number of hydrogen-bond donors (Lipinski definition) is 0. The van der Waals surface area contributed by atoms with Gasteiger partial charge < -0.3 is 0 Å². The van der Waals surface area contributed by atoms with Gasteiger partial charge in [0.15, 0.2) is 0 Å². The quantitative estimate of drug-likeness (QED) is 0.580. The molecule has 0 unspecified atom stereocenters. The van der Waals surface area contributed by atoms with Crippen LogP contribution in [0, 0.1) is 0 Å². The lowest BCUT2D eigenvalue weighted by Crippen LogP contribution is -1.93. The number of allylic oxidation sites excluding steroid dienone is 1. The minimum absolute atomic E-state index is 0.942. The molecule has 0 aromatic carbocycles. The lowest BCUT2D eigenvalue weighted by atomic mass is 10.2. The first-order valence-corrected chi connectivity index (χ1v) is 3.29. The van der Waals surface area contributed by atoms with Crippen LogP contribution in [0.5, 0.6) is 0 Å². The molecule has 0 aliphatic heterocycles. The second kappa shape index (κ2) is 3.15. The highest BCUT2D eigenvalue weighted by Crippen LogP contribution is 1.95. The summed E-state index contributed by atoms with van der Waals surface area (Å²) in [6.45, 7) is 3.63. The summed E-state index contributed by atoms with van der Waals surface area (Å²) in [5.74, 6) is 0. The van der Waals surface area contributed by atoms with Crippen LogP contribution in [-0.4, -0.2) is 15.0 Å². The molecule has 3 nitrogen and oxygen atoms in total. The fraction of sp³-hybridized carbons (Fsp3) is 0.429. The lowest BCUT2D eigenvalue weighted by Gasteiger charge is -1.86. The highest BCUT2D eigenvalue weighted by Gasteiger charge is 1.93. The first-order chi connectivity index (χ1) is 4.83. The summed E-state index contributed by atoms with van der Waals surface area (Å²) < 4.78 is 0. The highest BCUT2D eigenvalue weighted by molar-refractivity contribution is 4.92. The van der Waals surface area contributed by atoms with E-state index in [1.165, 1.54) is 0 Å². The third-order valence-corrected chi connectivity index (χ3v) is 1.25. The zero-order chi connectivity index (χ0) is 7.40. The van der Waals surface area contributed by atoms with Crippen molar-refractivity contribution in [3.05, 3.63) is 24.5 Å². The zero-order valence-electron chi connectivity index (χ0n) is 6.12. The van der Waals surface area contributed by atoms with Gasteiger partial charge in [-0.3, -0.25) is 0 Å². The molecule has 0 spiro atoms. The molecule has 0 aliphatic rings. The third-order valence-electron chi connectivity index (χ3n) is 1.25. The maximum Gasteiger partial charge on any atom is 0.0830 e. The Bertz CT molecular complexity index is 214. The normalized spacial score (nSPS) is 9.70. The average Bonchev–Trinajstić information content (AvgIpc) is 2.31. The Hall–Kier alpha value is -1.12. The number of rotatable bonds is 3. The molecule has 3 heteroatoms. The Labute approximate surface area is 60.4 Å². The Morgan fingerprint density at radius 1 is 1.80 bits per heavy atom. The molecule has 0 N–H and O–H groups in total. The van der Waals surface area contributed by atoms with Gasteiger partial charge in [0.1, 0.15) is 0 Å². The standard InChI is InChI=1S/C7H11N3/c1-3-4-5-7-6-8-10(2)9-7/h3,6H,1,4-5H2,2H3. The molecule has 0 fully saturated rings. The van der Waals surface area contributed by atoms with Gasteiger partial charge in [-0.25, -0.2) is 0 Å². The molecule has 0 bridgehead atoms. The van der Waals surface area contributed by atoms with Gasteiger partial charge in [-0.05, 0) is 12.8 Å². The van der Waals surface area contributed by atoms with Gasteiger partial charge in [-0.2, -0.15) is 15.0 Å². The molecule has 1 aromatic heterocycles. The summed E-state index contributed by atoms with van der Waals surface area (Å²) in [6, 6.07) is 0.